The fraction of sp³-hybridized carbons (Fsp3) is 0.276. The summed E-state index contributed by atoms with van der Waals surface area (Å²) in [7, 11) is 0. The molecule has 0 aliphatic heterocycles. The van der Waals surface area contributed by atoms with Crippen LogP contribution < -0.4 is 21.9 Å². The van der Waals surface area contributed by atoms with Crippen molar-refractivity contribution in [2.24, 2.45) is 17.2 Å². The Balaban J connectivity index is 1.55. The molecule has 0 spiro atoms. The first-order chi connectivity index (χ1) is 19.5. The summed E-state index contributed by atoms with van der Waals surface area (Å²) in [6.45, 7) is 0.867. The number of amides is 2. The summed E-state index contributed by atoms with van der Waals surface area (Å²) >= 11 is 0. The molecule has 1 unspecified atom stereocenters. The third kappa shape index (κ3) is 9.49. The highest BCUT2D eigenvalue weighted by atomic mass is 16.5. The van der Waals surface area contributed by atoms with Gasteiger partial charge in [-0.1, -0.05) is 36.4 Å². The maximum Gasteiger partial charge on any atom is 0.323 e. The standard InChI is InChI=1S/C29H34N4O8/c30-24(13-19-6-8-25(35)22(12-19)27(31)37)29(39)41-17-20(34)16-33(15-18-4-2-1-3-5-18)10-11-40-21-7-9-26(36)23(14-21)28(32)38/h1-9,12,14,20,24,34-36H,10-11,13,15-17,30H2,(H2,31,37)(H2,32,38)/t20?,24-/m0/s1. The van der Waals surface area contributed by atoms with Gasteiger partial charge in [-0.15, -0.1) is 0 Å². The molecule has 41 heavy (non-hydrogen) atoms. The van der Waals surface area contributed by atoms with Gasteiger partial charge in [0, 0.05) is 19.6 Å². The number of carbonyl (C=O) groups is 3. The Hall–Kier alpha value is -4.65. The van der Waals surface area contributed by atoms with Crippen LogP contribution in [0, 0.1) is 0 Å². The second-order valence-electron chi connectivity index (χ2n) is 9.42. The summed E-state index contributed by atoms with van der Waals surface area (Å²) in [6, 6.07) is 16.8. The molecular formula is C29H34N4O8. The SMILES string of the molecule is NC(=O)c1cc(C[C@H](N)C(=O)OCC(O)CN(CCOc2ccc(O)c(C(N)=O)c2)Cc2ccccc2)ccc1O. The minimum atomic E-state index is -1.07. The van der Waals surface area contributed by atoms with E-state index in [4.69, 9.17) is 26.7 Å². The van der Waals surface area contributed by atoms with Gasteiger partial charge in [-0.3, -0.25) is 19.3 Å². The highest BCUT2D eigenvalue weighted by molar-refractivity contribution is 5.96. The molecule has 0 bridgehead atoms. The number of ether oxygens (including phenoxy) is 2. The second kappa shape index (κ2) is 14.7. The van der Waals surface area contributed by atoms with Crippen molar-refractivity contribution >= 4 is 17.8 Å². The van der Waals surface area contributed by atoms with E-state index in [0.717, 1.165) is 5.56 Å². The van der Waals surface area contributed by atoms with Crippen LogP contribution in [-0.4, -0.2) is 76.5 Å². The molecule has 0 saturated carbocycles. The van der Waals surface area contributed by atoms with E-state index in [2.05, 4.69) is 0 Å². The molecule has 0 aromatic heterocycles. The highest BCUT2D eigenvalue weighted by Gasteiger charge is 2.20. The molecule has 3 aromatic rings. The third-order valence-electron chi connectivity index (χ3n) is 6.13. The molecule has 3 aromatic carbocycles. The van der Waals surface area contributed by atoms with Crippen molar-refractivity contribution in [3.05, 3.63) is 89.0 Å². The lowest BCUT2D eigenvalue weighted by atomic mass is 10.0. The Bertz CT molecular complexity index is 1350. The van der Waals surface area contributed by atoms with Crippen molar-refractivity contribution < 1.29 is 39.2 Å². The lowest BCUT2D eigenvalue weighted by Crippen LogP contribution is -2.40. The van der Waals surface area contributed by atoms with Crippen LogP contribution in [0.15, 0.2) is 66.7 Å². The first kappa shape index (κ1) is 30.9. The Labute approximate surface area is 236 Å². The number of nitrogens with two attached hydrogens (primary N) is 3. The van der Waals surface area contributed by atoms with E-state index in [1.807, 2.05) is 35.2 Å². The normalized spacial score (nSPS) is 12.5. The number of hydrogen-bond acceptors (Lipinski definition) is 10. The van der Waals surface area contributed by atoms with Gasteiger partial charge in [0.2, 0.25) is 0 Å². The summed E-state index contributed by atoms with van der Waals surface area (Å²) in [6.07, 6.45) is -1.01. The maximum absolute atomic E-state index is 12.5. The third-order valence-corrected chi connectivity index (χ3v) is 6.13. The van der Waals surface area contributed by atoms with Crippen molar-refractivity contribution in [1.82, 2.24) is 4.90 Å². The zero-order valence-corrected chi connectivity index (χ0v) is 22.3. The molecule has 218 valence electrons. The summed E-state index contributed by atoms with van der Waals surface area (Å²) in [5.74, 6) is -2.51. The van der Waals surface area contributed by atoms with Crippen LogP contribution in [0.1, 0.15) is 31.8 Å². The molecule has 2 atom stereocenters. The van der Waals surface area contributed by atoms with E-state index in [1.54, 1.807) is 0 Å². The number of aliphatic hydroxyl groups excluding tert-OH is 1. The number of primary amides is 2. The van der Waals surface area contributed by atoms with Gasteiger partial charge in [0.25, 0.3) is 11.8 Å². The Kier molecular flexibility index (Phi) is 11.0. The van der Waals surface area contributed by atoms with Crippen LogP contribution >= 0.6 is 0 Å². The molecule has 0 heterocycles. The average molecular weight is 567 g/mol. The summed E-state index contributed by atoms with van der Waals surface area (Å²) in [5, 5.41) is 30.1. The van der Waals surface area contributed by atoms with E-state index in [0.29, 0.717) is 24.4 Å². The number of aliphatic hydroxyl groups is 1. The zero-order valence-electron chi connectivity index (χ0n) is 22.3. The molecule has 2 amide bonds. The maximum atomic E-state index is 12.5. The van der Waals surface area contributed by atoms with Crippen molar-refractivity contribution in [1.29, 1.82) is 0 Å². The fourth-order valence-electron chi connectivity index (χ4n) is 4.05. The van der Waals surface area contributed by atoms with E-state index >= 15 is 0 Å². The number of esters is 1. The molecule has 9 N–H and O–H groups in total. The average Bonchev–Trinajstić information content (AvgIpc) is 2.93. The van der Waals surface area contributed by atoms with Crippen LogP contribution in [0.5, 0.6) is 17.2 Å². The quantitative estimate of drug-likeness (QED) is 0.141. The van der Waals surface area contributed by atoms with E-state index < -0.39 is 29.9 Å². The number of aromatic hydroxyl groups is 2. The predicted octanol–water partition coefficient (Wildman–Crippen LogP) is 0.651. The molecule has 3 rings (SSSR count). The van der Waals surface area contributed by atoms with Crippen LogP contribution in [-0.2, 0) is 22.5 Å². The number of rotatable bonds is 15. The summed E-state index contributed by atoms with van der Waals surface area (Å²) in [5.41, 5.74) is 17.8. The summed E-state index contributed by atoms with van der Waals surface area (Å²) < 4.78 is 11.0. The number of hydrogen-bond donors (Lipinski definition) is 6. The minimum absolute atomic E-state index is 0.0295. The monoisotopic (exact) mass is 566 g/mol. The van der Waals surface area contributed by atoms with Gasteiger partial charge < -0.3 is 42.0 Å². The van der Waals surface area contributed by atoms with Crippen LogP contribution in [0.25, 0.3) is 0 Å². The Morgan fingerprint density at radius 1 is 0.854 bits per heavy atom. The largest absolute Gasteiger partial charge is 0.507 e. The van der Waals surface area contributed by atoms with Gasteiger partial charge in [0.1, 0.15) is 42.6 Å². The van der Waals surface area contributed by atoms with Crippen LogP contribution in [0.4, 0.5) is 0 Å². The number of benzene rings is 3. The van der Waals surface area contributed by atoms with Gasteiger partial charge in [-0.2, -0.15) is 0 Å². The molecule has 12 heteroatoms. The van der Waals surface area contributed by atoms with Crippen molar-refractivity contribution in [3.63, 3.8) is 0 Å². The Morgan fingerprint density at radius 2 is 1.49 bits per heavy atom. The highest BCUT2D eigenvalue weighted by Crippen LogP contribution is 2.23. The zero-order chi connectivity index (χ0) is 29.9. The molecule has 0 aliphatic carbocycles. The van der Waals surface area contributed by atoms with E-state index in [1.165, 1.54) is 36.4 Å². The smallest absolute Gasteiger partial charge is 0.323 e. The van der Waals surface area contributed by atoms with Crippen molar-refractivity contribution in [2.75, 3.05) is 26.3 Å². The first-order valence-corrected chi connectivity index (χ1v) is 12.8. The van der Waals surface area contributed by atoms with Gasteiger partial charge in [0.15, 0.2) is 0 Å². The molecule has 0 fully saturated rings. The summed E-state index contributed by atoms with van der Waals surface area (Å²) in [4.78, 5) is 37.3. The minimum Gasteiger partial charge on any atom is -0.507 e. The first-order valence-electron chi connectivity index (χ1n) is 12.8. The van der Waals surface area contributed by atoms with Gasteiger partial charge >= 0.3 is 5.97 Å². The van der Waals surface area contributed by atoms with E-state index in [-0.39, 0.29) is 48.8 Å². The van der Waals surface area contributed by atoms with Gasteiger partial charge in [0.05, 0.1) is 11.1 Å². The molecular weight excluding hydrogens is 532 g/mol. The lowest BCUT2D eigenvalue weighted by Gasteiger charge is -2.25. The number of phenols is 2. The fourth-order valence-corrected chi connectivity index (χ4v) is 4.05. The van der Waals surface area contributed by atoms with Crippen molar-refractivity contribution in [2.45, 2.75) is 25.1 Å². The van der Waals surface area contributed by atoms with Crippen LogP contribution in [0.2, 0.25) is 0 Å². The van der Waals surface area contributed by atoms with Crippen molar-refractivity contribution in [3.8, 4) is 17.2 Å². The molecule has 12 nitrogen and oxygen atoms in total. The van der Waals surface area contributed by atoms with Gasteiger partial charge in [-0.05, 0) is 47.9 Å². The second-order valence-corrected chi connectivity index (χ2v) is 9.42. The topological polar surface area (TPSA) is 212 Å². The van der Waals surface area contributed by atoms with Gasteiger partial charge in [-0.25, -0.2) is 0 Å². The predicted molar refractivity (Wildman–Crippen MR) is 149 cm³/mol. The lowest BCUT2D eigenvalue weighted by molar-refractivity contribution is -0.148. The Morgan fingerprint density at radius 3 is 2.15 bits per heavy atom. The number of nitrogens with zero attached hydrogens (tertiary/aromatic N) is 1. The van der Waals surface area contributed by atoms with Crippen LogP contribution in [0.3, 0.4) is 0 Å². The molecule has 0 aliphatic rings. The van der Waals surface area contributed by atoms with E-state index in [9.17, 15) is 29.7 Å². The molecule has 0 radical (unpaired) electrons. The number of carbonyl (C=O) groups excluding carboxylic acids is 3. The molecule has 0 saturated heterocycles.